The monoisotopic (exact) mass is 273 g/mol. The van der Waals surface area contributed by atoms with Crippen LogP contribution in [-0.4, -0.2) is 27.8 Å². The van der Waals surface area contributed by atoms with E-state index in [0.717, 1.165) is 0 Å². The highest BCUT2D eigenvalue weighted by atomic mass is 16.5. The maximum absolute atomic E-state index is 11.6. The number of aromatic nitrogens is 1. The van der Waals surface area contributed by atoms with Gasteiger partial charge in [0, 0.05) is 5.56 Å². The van der Waals surface area contributed by atoms with Crippen LogP contribution in [-0.2, 0) is 4.74 Å². The lowest BCUT2D eigenvalue weighted by Gasteiger charge is -2.12. The van der Waals surface area contributed by atoms with Gasteiger partial charge in [-0.2, -0.15) is 0 Å². The number of phenolic OH excluding ortho intramolecular Hbond substituents is 1. The molecule has 0 spiro atoms. The van der Waals surface area contributed by atoms with E-state index in [1.54, 1.807) is 37.3 Å². The molecule has 0 saturated carbocycles. The minimum atomic E-state index is -1.11. The Morgan fingerprint density at radius 2 is 2.00 bits per heavy atom. The summed E-state index contributed by atoms with van der Waals surface area (Å²) in [5, 5.41) is 20.0. The zero-order chi connectivity index (χ0) is 14.5. The SMILES string of the molecule is CCOC(=O)c1cccc(C(O)c2ccccc2O)n1. The molecule has 0 aliphatic carbocycles. The summed E-state index contributed by atoms with van der Waals surface area (Å²) < 4.78 is 4.86. The van der Waals surface area contributed by atoms with Crippen molar-refractivity contribution in [1.82, 2.24) is 4.98 Å². The van der Waals surface area contributed by atoms with E-state index in [1.807, 2.05) is 0 Å². The zero-order valence-electron chi connectivity index (χ0n) is 11.0. The predicted molar refractivity (Wildman–Crippen MR) is 72.4 cm³/mol. The van der Waals surface area contributed by atoms with E-state index < -0.39 is 12.1 Å². The van der Waals surface area contributed by atoms with Gasteiger partial charge in [-0.15, -0.1) is 0 Å². The van der Waals surface area contributed by atoms with E-state index in [1.165, 1.54) is 12.1 Å². The van der Waals surface area contributed by atoms with E-state index in [4.69, 9.17) is 4.74 Å². The van der Waals surface area contributed by atoms with E-state index in [2.05, 4.69) is 4.98 Å². The molecular formula is C15H15NO4. The standard InChI is InChI=1S/C15H15NO4/c1-2-20-15(19)12-8-5-7-11(16-12)14(18)10-6-3-4-9-13(10)17/h3-9,14,17-18H,2H2,1H3. The number of pyridine rings is 1. The number of esters is 1. The Hall–Kier alpha value is -2.40. The van der Waals surface area contributed by atoms with Gasteiger partial charge in [-0.25, -0.2) is 9.78 Å². The Kier molecular flexibility index (Phi) is 4.32. The molecule has 0 radical (unpaired) electrons. The molecule has 2 N–H and O–H groups in total. The van der Waals surface area contributed by atoms with Crippen molar-refractivity contribution in [3.05, 3.63) is 59.4 Å². The van der Waals surface area contributed by atoms with Crippen LogP contribution in [0.15, 0.2) is 42.5 Å². The molecule has 0 aliphatic heterocycles. The maximum atomic E-state index is 11.6. The van der Waals surface area contributed by atoms with Crippen LogP contribution in [0, 0.1) is 0 Å². The van der Waals surface area contributed by atoms with E-state index in [0.29, 0.717) is 5.56 Å². The van der Waals surface area contributed by atoms with Crippen LogP contribution in [0.5, 0.6) is 5.75 Å². The fraction of sp³-hybridized carbons (Fsp3) is 0.200. The normalized spacial score (nSPS) is 11.9. The van der Waals surface area contributed by atoms with Gasteiger partial charge in [-0.3, -0.25) is 0 Å². The number of aromatic hydroxyl groups is 1. The Morgan fingerprint density at radius 3 is 2.70 bits per heavy atom. The fourth-order valence-electron chi connectivity index (χ4n) is 1.80. The van der Waals surface area contributed by atoms with Crippen molar-refractivity contribution in [2.75, 3.05) is 6.61 Å². The van der Waals surface area contributed by atoms with Crippen LogP contribution in [0.3, 0.4) is 0 Å². The molecule has 0 amide bonds. The highest BCUT2D eigenvalue weighted by molar-refractivity contribution is 5.87. The molecular weight excluding hydrogens is 258 g/mol. The zero-order valence-corrected chi connectivity index (χ0v) is 11.0. The largest absolute Gasteiger partial charge is 0.508 e. The lowest BCUT2D eigenvalue weighted by Crippen LogP contribution is -2.10. The van der Waals surface area contributed by atoms with Crippen LogP contribution >= 0.6 is 0 Å². The summed E-state index contributed by atoms with van der Waals surface area (Å²) >= 11 is 0. The first kappa shape index (κ1) is 14.0. The topological polar surface area (TPSA) is 79.7 Å². The van der Waals surface area contributed by atoms with Gasteiger partial charge < -0.3 is 14.9 Å². The van der Waals surface area contributed by atoms with Crippen LogP contribution in [0.25, 0.3) is 0 Å². The Morgan fingerprint density at radius 1 is 1.25 bits per heavy atom. The van der Waals surface area contributed by atoms with E-state index >= 15 is 0 Å². The van der Waals surface area contributed by atoms with Gasteiger partial charge in [0.15, 0.2) is 0 Å². The summed E-state index contributed by atoms with van der Waals surface area (Å²) in [6.45, 7) is 1.96. The molecule has 104 valence electrons. The lowest BCUT2D eigenvalue weighted by atomic mass is 10.0. The van der Waals surface area contributed by atoms with E-state index in [9.17, 15) is 15.0 Å². The molecule has 1 aromatic carbocycles. The quantitative estimate of drug-likeness (QED) is 0.833. The molecule has 1 heterocycles. The number of phenols is 1. The van der Waals surface area contributed by atoms with Gasteiger partial charge in [0.1, 0.15) is 17.5 Å². The van der Waals surface area contributed by atoms with Crippen LogP contribution in [0.1, 0.15) is 34.8 Å². The molecule has 2 rings (SSSR count). The summed E-state index contributed by atoms with van der Waals surface area (Å²) in [5.74, 6) is -0.567. The third-order valence-electron chi connectivity index (χ3n) is 2.77. The molecule has 0 aliphatic rings. The summed E-state index contributed by atoms with van der Waals surface area (Å²) in [6, 6.07) is 11.1. The first-order valence-corrected chi connectivity index (χ1v) is 6.23. The minimum absolute atomic E-state index is 0.0247. The van der Waals surface area contributed by atoms with Crippen molar-refractivity contribution in [2.24, 2.45) is 0 Å². The second kappa shape index (κ2) is 6.16. The number of nitrogens with zero attached hydrogens (tertiary/aromatic N) is 1. The number of para-hydroxylation sites is 1. The highest BCUT2D eigenvalue weighted by Crippen LogP contribution is 2.27. The third-order valence-corrected chi connectivity index (χ3v) is 2.77. The van der Waals surface area contributed by atoms with Crippen molar-refractivity contribution in [3.8, 4) is 5.75 Å². The molecule has 0 saturated heterocycles. The van der Waals surface area contributed by atoms with Gasteiger partial charge in [0.2, 0.25) is 0 Å². The van der Waals surface area contributed by atoms with Crippen molar-refractivity contribution in [1.29, 1.82) is 0 Å². The number of aliphatic hydroxyl groups excluding tert-OH is 1. The first-order valence-electron chi connectivity index (χ1n) is 6.23. The minimum Gasteiger partial charge on any atom is -0.508 e. The van der Waals surface area contributed by atoms with Crippen LogP contribution < -0.4 is 0 Å². The fourth-order valence-corrected chi connectivity index (χ4v) is 1.80. The number of carbonyl (C=O) groups is 1. The number of ether oxygens (including phenoxy) is 1. The average Bonchev–Trinajstić information content (AvgIpc) is 2.47. The van der Waals surface area contributed by atoms with Gasteiger partial charge in [-0.05, 0) is 25.1 Å². The van der Waals surface area contributed by atoms with Crippen molar-refractivity contribution < 1.29 is 19.7 Å². The summed E-state index contributed by atoms with van der Waals surface area (Å²) in [4.78, 5) is 15.7. The number of rotatable bonds is 4. The molecule has 0 fully saturated rings. The average molecular weight is 273 g/mol. The lowest BCUT2D eigenvalue weighted by molar-refractivity contribution is 0.0518. The number of hydrogen-bond donors (Lipinski definition) is 2. The summed E-state index contributed by atoms with van der Waals surface area (Å²) in [7, 11) is 0. The Bertz CT molecular complexity index is 612. The molecule has 5 heteroatoms. The Balaban J connectivity index is 2.31. The molecule has 20 heavy (non-hydrogen) atoms. The second-order valence-electron chi connectivity index (χ2n) is 4.13. The number of carbonyl (C=O) groups excluding carboxylic acids is 1. The van der Waals surface area contributed by atoms with Crippen molar-refractivity contribution in [2.45, 2.75) is 13.0 Å². The smallest absolute Gasteiger partial charge is 0.356 e. The second-order valence-corrected chi connectivity index (χ2v) is 4.13. The molecule has 1 unspecified atom stereocenters. The predicted octanol–water partition coefficient (Wildman–Crippen LogP) is 2.05. The van der Waals surface area contributed by atoms with Crippen LogP contribution in [0.2, 0.25) is 0 Å². The highest BCUT2D eigenvalue weighted by Gasteiger charge is 2.17. The van der Waals surface area contributed by atoms with Gasteiger partial charge in [0.05, 0.1) is 12.3 Å². The Labute approximate surface area is 116 Å². The van der Waals surface area contributed by atoms with E-state index in [-0.39, 0.29) is 23.7 Å². The van der Waals surface area contributed by atoms with Crippen LogP contribution in [0.4, 0.5) is 0 Å². The molecule has 1 aromatic heterocycles. The van der Waals surface area contributed by atoms with Gasteiger partial charge in [-0.1, -0.05) is 24.3 Å². The summed E-state index contributed by atoms with van der Waals surface area (Å²) in [6.07, 6.45) is -1.11. The van der Waals surface area contributed by atoms with Crippen molar-refractivity contribution in [3.63, 3.8) is 0 Å². The molecule has 1 atom stereocenters. The third kappa shape index (κ3) is 2.95. The number of aliphatic hydroxyl groups is 1. The van der Waals surface area contributed by atoms with Gasteiger partial charge >= 0.3 is 5.97 Å². The molecule has 5 nitrogen and oxygen atoms in total. The number of hydrogen-bond acceptors (Lipinski definition) is 5. The van der Waals surface area contributed by atoms with Crippen molar-refractivity contribution >= 4 is 5.97 Å². The summed E-state index contributed by atoms with van der Waals surface area (Å²) in [5.41, 5.74) is 0.733. The van der Waals surface area contributed by atoms with Gasteiger partial charge in [0.25, 0.3) is 0 Å². The molecule has 2 aromatic rings. The molecule has 0 bridgehead atoms. The first-order chi connectivity index (χ1) is 9.63. The number of benzene rings is 1. The maximum Gasteiger partial charge on any atom is 0.356 e.